The van der Waals surface area contributed by atoms with E-state index in [0.717, 1.165) is 17.7 Å². The first-order chi connectivity index (χ1) is 21.1. The summed E-state index contributed by atoms with van der Waals surface area (Å²) in [4.78, 5) is 39.6. The Kier molecular flexibility index (Phi) is 7.71. The van der Waals surface area contributed by atoms with Crippen molar-refractivity contribution in [2.45, 2.75) is 26.1 Å². The SMILES string of the molecule is Cc1cc(C(F)(F)F)ccc1NC(=O)Cn1cc(N2CCN(c3ncccc3O)CC2)c(=O)n2nc(C3=CCOCC3)nc12. The summed E-state index contributed by atoms with van der Waals surface area (Å²) in [5, 5.41) is 17.4. The number of nitrogens with zero attached hydrogens (tertiary/aromatic N) is 7. The van der Waals surface area contributed by atoms with E-state index in [-0.39, 0.29) is 29.3 Å². The molecule has 230 valence electrons. The van der Waals surface area contributed by atoms with Crippen molar-refractivity contribution in [2.75, 3.05) is 54.5 Å². The van der Waals surface area contributed by atoms with Gasteiger partial charge in [0.15, 0.2) is 17.4 Å². The van der Waals surface area contributed by atoms with Gasteiger partial charge in [-0.05, 0) is 54.8 Å². The van der Waals surface area contributed by atoms with Gasteiger partial charge >= 0.3 is 6.18 Å². The number of nitrogens with one attached hydrogen (secondary N) is 1. The van der Waals surface area contributed by atoms with Gasteiger partial charge in [-0.2, -0.15) is 22.7 Å². The second-order valence-electron chi connectivity index (χ2n) is 10.5. The highest BCUT2D eigenvalue weighted by Crippen LogP contribution is 2.32. The lowest BCUT2D eigenvalue weighted by molar-refractivity contribution is -0.137. The van der Waals surface area contributed by atoms with Crippen LogP contribution in [-0.2, 0) is 22.3 Å². The van der Waals surface area contributed by atoms with Gasteiger partial charge in [-0.1, -0.05) is 6.08 Å². The van der Waals surface area contributed by atoms with E-state index in [4.69, 9.17) is 4.74 Å². The Morgan fingerprint density at radius 3 is 2.59 bits per heavy atom. The number of aromatic hydroxyl groups is 1. The Bertz CT molecular complexity index is 1810. The van der Waals surface area contributed by atoms with Crippen molar-refractivity contribution in [1.29, 1.82) is 0 Å². The van der Waals surface area contributed by atoms with E-state index in [1.807, 2.05) is 15.9 Å². The number of amides is 1. The zero-order valence-electron chi connectivity index (χ0n) is 23.7. The summed E-state index contributed by atoms with van der Waals surface area (Å²) in [5.74, 6) is 0.510. The number of ether oxygens (including phenoxy) is 1. The molecule has 1 aromatic carbocycles. The Morgan fingerprint density at radius 2 is 1.91 bits per heavy atom. The Morgan fingerprint density at radius 1 is 1.14 bits per heavy atom. The molecular formula is C29H29F3N8O4. The van der Waals surface area contributed by atoms with Gasteiger partial charge in [0, 0.05) is 44.3 Å². The molecule has 3 aromatic heterocycles. The largest absolute Gasteiger partial charge is 0.504 e. The van der Waals surface area contributed by atoms with Crippen LogP contribution < -0.4 is 20.7 Å². The van der Waals surface area contributed by atoms with Crippen LogP contribution >= 0.6 is 0 Å². The molecule has 0 bridgehead atoms. The first-order valence-corrected chi connectivity index (χ1v) is 14.0. The molecule has 5 heterocycles. The number of halogens is 3. The Balaban J connectivity index is 1.31. The number of hydrogen-bond acceptors (Lipinski definition) is 9. The average Bonchev–Trinajstić information content (AvgIpc) is 3.47. The number of aryl methyl sites for hydroxylation is 1. The number of aromatic nitrogens is 5. The molecule has 1 amide bonds. The van der Waals surface area contributed by atoms with E-state index >= 15 is 0 Å². The third kappa shape index (κ3) is 5.82. The number of carbonyl (C=O) groups excluding carboxylic acids is 1. The number of pyridine rings is 1. The fourth-order valence-corrected chi connectivity index (χ4v) is 5.31. The summed E-state index contributed by atoms with van der Waals surface area (Å²) < 4.78 is 47.4. The number of carbonyl (C=O) groups is 1. The van der Waals surface area contributed by atoms with Gasteiger partial charge in [-0.15, -0.1) is 5.10 Å². The van der Waals surface area contributed by atoms with Crippen LogP contribution in [0.1, 0.15) is 23.4 Å². The average molecular weight is 611 g/mol. The van der Waals surface area contributed by atoms with Gasteiger partial charge in [-0.3, -0.25) is 9.59 Å². The van der Waals surface area contributed by atoms with Crippen LogP contribution in [0.5, 0.6) is 5.75 Å². The van der Waals surface area contributed by atoms with Crippen LogP contribution in [0.4, 0.5) is 30.4 Å². The molecule has 12 nitrogen and oxygen atoms in total. The van der Waals surface area contributed by atoms with Crippen LogP contribution in [0, 0.1) is 6.92 Å². The minimum atomic E-state index is -4.50. The van der Waals surface area contributed by atoms with E-state index in [0.29, 0.717) is 63.1 Å². The lowest BCUT2D eigenvalue weighted by Crippen LogP contribution is -2.48. The van der Waals surface area contributed by atoms with Crippen molar-refractivity contribution in [1.82, 2.24) is 24.1 Å². The number of rotatable bonds is 6. The molecule has 0 saturated carbocycles. The number of anilines is 3. The van der Waals surface area contributed by atoms with E-state index in [1.165, 1.54) is 22.1 Å². The molecule has 0 radical (unpaired) electrons. The second kappa shape index (κ2) is 11.6. The summed E-state index contributed by atoms with van der Waals surface area (Å²) in [6, 6.07) is 6.31. The second-order valence-corrected chi connectivity index (χ2v) is 10.5. The molecule has 1 saturated heterocycles. The van der Waals surface area contributed by atoms with Crippen molar-refractivity contribution in [2.24, 2.45) is 0 Å². The van der Waals surface area contributed by atoms with Crippen molar-refractivity contribution in [3.63, 3.8) is 0 Å². The van der Waals surface area contributed by atoms with Crippen molar-refractivity contribution < 1.29 is 27.8 Å². The highest BCUT2D eigenvalue weighted by Gasteiger charge is 2.31. The van der Waals surface area contributed by atoms with Gasteiger partial charge in [0.25, 0.3) is 5.56 Å². The molecular weight excluding hydrogens is 581 g/mol. The maximum atomic E-state index is 13.7. The Hall–Kier alpha value is -4.92. The molecule has 0 spiro atoms. The van der Waals surface area contributed by atoms with Gasteiger partial charge in [0.05, 0.1) is 18.8 Å². The van der Waals surface area contributed by atoms with E-state index < -0.39 is 23.2 Å². The molecule has 0 unspecified atom stereocenters. The third-order valence-corrected chi connectivity index (χ3v) is 7.61. The van der Waals surface area contributed by atoms with Crippen LogP contribution in [-0.4, -0.2) is 74.6 Å². The molecule has 0 atom stereocenters. The van der Waals surface area contributed by atoms with Crippen LogP contribution in [0.3, 0.4) is 0 Å². The maximum Gasteiger partial charge on any atom is 0.416 e. The van der Waals surface area contributed by atoms with Crippen molar-refractivity contribution in [3.05, 3.63) is 76.1 Å². The third-order valence-electron chi connectivity index (χ3n) is 7.61. The van der Waals surface area contributed by atoms with E-state index in [9.17, 15) is 27.9 Å². The summed E-state index contributed by atoms with van der Waals surface area (Å²) in [6.07, 6.45) is 1.07. The number of fused-ring (bicyclic) bond motifs is 1. The molecule has 44 heavy (non-hydrogen) atoms. The van der Waals surface area contributed by atoms with Gasteiger partial charge in [-0.25, -0.2) is 4.98 Å². The van der Waals surface area contributed by atoms with Crippen LogP contribution in [0.15, 0.2) is 53.6 Å². The van der Waals surface area contributed by atoms with Crippen molar-refractivity contribution in [3.8, 4) is 5.75 Å². The summed E-state index contributed by atoms with van der Waals surface area (Å²) in [5.41, 5.74) is 0.405. The molecule has 6 rings (SSSR count). The predicted octanol–water partition coefficient (Wildman–Crippen LogP) is 3.09. The quantitative estimate of drug-likeness (QED) is 0.338. The fraction of sp³-hybridized carbons (Fsp3) is 0.345. The minimum Gasteiger partial charge on any atom is -0.504 e. The Labute approximate surface area is 249 Å². The molecule has 0 aliphatic carbocycles. The fourth-order valence-electron chi connectivity index (χ4n) is 5.31. The maximum absolute atomic E-state index is 13.7. The lowest BCUT2D eigenvalue weighted by atomic mass is 10.1. The zero-order valence-corrected chi connectivity index (χ0v) is 23.7. The lowest BCUT2D eigenvalue weighted by Gasteiger charge is -2.36. The summed E-state index contributed by atoms with van der Waals surface area (Å²) in [7, 11) is 0. The monoisotopic (exact) mass is 610 g/mol. The molecule has 15 heteroatoms. The normalized spacial score (nSPS) is 15.9. The minimum absolute atomic E-state index is 0.0663. The number of benzene rings is 1. The highest BCUT2D eigenvalue weighted by molar-refractivity contribution is 5.91. The topological polar surface area (TPSA) is 130 Å². The van der Waals surface area contributed by atoms with Gasteiger partial charge in [0.1, 0.15) is 12.2 Å². The van der Waals surface area contributed by atoms with E-state index in [2.05, 4.69) is 20.4 Å². The molecule has 2 aliphatic heterocycles. The summed E-state index contributed by atoms with van der Waals surface area (Å²) in [6.45, 7) is 3.90. The first-order valence-electron chi connectivity index (χ1n) is 14.0. The zero-order chi connectivity index (χ0) is 31.0. The van der Waals surface area contributed by atoms with Gasteiger partial charge < -0.3 is 29.5 Å². The standard InChI is InChI=1S/C29H29F3N8O4/c1-18-15-20(29(30,31)32)4-5-21(18)34-24(42)17-39-16-22(37-9-11-38(12-10-37)26-23(41)3-2-8-33-26)27(43)40-28(39)35-25(36-40)19-6-13-44-14-7-19/h2-6,8,15-16,41H,7,9-14,17H2,1H3,(H,34,42). The number of alkyl halides is 3. The summed E-state index contributed by atoms with van der Waals surface area (Å²) >= 11 is 0. The smallest absolute Gasteiger partial charge is 0.416 e. The van der Waals surface area contributed by atoms with E-state index in [1.54, 1.807) is 24.5 Å². The predicted molar refractivity (Wildman–Crippen MR) is 156 cm³/mol. The number of piperazine rings is 1. The van der Waals surface area contributed by atoms with Crippen LogP contribution in [0.2, 0.25) is 0 Å². The van der Waals surface area contributed by atoms with Crippen LogP contribution in [0.25, 0.3) is 11.4 Å². The molecule has 2 aliphatic rings. The molecule has 4 aromatic rings. The van der Waals surface area contributed by atoms with Crippen molar-refractivity contribution >= 4 is 34.5 Å². The molecule has 2 N–H and O–H groups in total. The first kappa shape index (κ1) is 29.2. The highest BCUT2D eigenvalue weighted by atomic mass is 19.4. The number of hydrogen-bond donors (Lipinski definition) is 2. The molecule has 1 fully saturated rings. The van der Waals surface area contributed by atoms with Gasteiger partial charge in [0.2, 0.25) is 11.7 Å².